The molecule has 3 heteroatoms. The van der Waals surface area contributed by atoms with Crippen molar-refractivity contribution in [2.75, 3.05) is 11.9 Å². The molecule has 1 atom stereocenters. The number of anilines is 1. The molecule has 1 unspecified atom stereocenters. The molecule has 0 bridgehead atoms. The van der Waals surface area contributed by atoms with Gasteiger partial charge in [0.25, 0.3) is 0 Å². The summed E-state index contributed by atoms with van der Waals surface area (Å²) in [4.78, 5) is 4.04. The van der Waals surface area contributed by atoms with E-state index >= 15 is 0 Å². The van der Waals surface area contributed by atoms with Gasteiger partial charge in [-0.05, 0) is 30.0 Å². The molecule has 1 N–H and O–H groups in total. The highest BCUT2D eigenvalue weighted by Gasteiger charge is 2.04. The highest BCUT2D eigenvalue weighted by atomic mass is 35.5. The van der Waals surface area contributed by atoms with Gasteiger partial charge in [0.1, 0.15) is 5.15 Å². The molecular weight excluding hydrogens is 244 g/mol. The first-order valence-electron chi connectivity index (χ1n) is 6.16. The summed E-state index contributed by atoms with van der Waals surface area (Å²) < 4.78 is 0. The van der Waals surface area contributed by atoms with Crippen LogP contribution in [0.3, 0.4) is 0 Å². The minimum Gasteiger partial charge on any atom is -0.384 e. The molecule has 0 aliphatic carbocycles. The Morgan fingerprint density at radius 3 is 2.61 bits per heavy atom. The molecule has 1 heterocycles. The number of halogens is 1. The van der Waals surface area contributed by atoms with Crippen LogP contribution in [0.5, 0.6) is 0 Å². The average molecular weight is 261 g/mol. The Hall–Kier alpha value is -1.54. The van der Waals surface area contributed by atoms with Crippen LogP contribution in [0.2, 0.25) is 5.15 Å². The molecule has 1 aromatic heterocycles. The number of hydrogen-bond acceptors (Lipinski definition) is 2. The van der Waals surface area contributed by atoms with Gasteiger partial charge in [0.05, 0.1) is 11.9 Å². The number of rotatable bonds is 5. The molecule has 1 aromatic carbocycles. The average Bonchev–Trinajstić information content (AvgIpc) is 2.42. The van der Waals surface area contributed by atoms with Crippen LogP contribution in [-0.4, -0.2) is 11.5 Å². The van der Waals surface area contributed by atoms with Gasteiger partial charge in [0, 0.05) is 6.54 Å². The standard InChI is InChI=1S/C15H17ClN2/c1-12(13-5-3-2-4-6-13)9-10-17-14-7-8-15(16)18-11-14/h2-8,11-12,17H,9-10H2,1H3. The molecule has 0 radical (unpaired) electrons. The fourth-order valence-corrected chi connectivity index (χ4v) is 1.97. The first-order valence-corrected chi connectivity index (χ1v) is 6.54. The van der Waals surface area contributed by atoms with E-state index in [0.717, 1.165) is 18.7 Å². The van der Waals surface area contributed by atoms with Crippen LogP contribution in [0.25, 0.3) is 0 Å². The second kappa shape index (κ2) is 6.41. The topological polar surface area (TPSA) is 24.9 Å². The molecule has 94 valence electrons. The largest absolute Gasteiger partial charge is 0.384 e. The lowest BCUT2D eigenvalue weighted by atomic mass is 9.98. The molecule has 0 spiro atoms. The molecule has 0 amide bonds. The minimum atomic E-state index is 0.526. The lowest BCUT2D eigenvalue weighted by molar-refractivity contribution is 0.706. The van der Waals surface area contributed by atoms with E-state index in [2.05, 4.69) is 41.5 Å². The van der Waals surface area contributed by atoms with Crippen molar-refractivity contribution in [3.05, 3.63) is 59.4 Å². The predicted molar refractivity (Wildman–Crippen MR) is 77.2 cm³/mol. The van der Waals surface area contributed by atoms with Gasteiger partial charge >= 0.3 is 0 Å². The third-order valence-electron chi connectivity index (χ3n) is 3.00. The van der Waals surface area contributed by atoms with Crippen LogP contribution in [-0.2, 0) is 0 Å². The summed E-state index contributed by atoms with van der Waals surface area (Å²) in [5.74, 6) is 0.555. The van der Waals surface area contributed by atoms with Crippen molar-refractivity contribution in [3.8, 4) is 0 Å². The maximum Gasteiger partial charge on any atom is 0.129 e. The molecule has 0 aliphatic rings. The van der Waals surface area contributed by atoms with E-state index in [9.17, 15) is 0 Å². The number of nitrogens with one attached hydrogen (secondary N) is 1. The molecule has 0 saturated heterocycles. The van der Waals surface area contributed by atoms with Gasteiger partial charge in [-0.1, -0.05) is 48.9 Å². The smallest absolute Gasteiger partial charge is 0.129 e. The van der Waals surface area contributed by atoms with E-state index < -0.39 is 0 Å². The summed E-state index contributed by atoms with van der Waals surface area (Å²) in [6.45, 7) is 3.18. The van der Waals surface area contributed by atoms with Crippen LogP contribution >= 0.6 is 11.6 Å². The van der Waals surface area contributed by atoms with Gasteiger partial charge in [-0.3, -0.25) is 0 Å². The molecular formula is C15H17ClN2. The van der Waals surface area contributed by atoms with Crippen LogP contribution in [0.1, 0.15) is 24.8 Å². The van der Waals surface area contributed by atoms with Crippen molar-refractivity contribution < 1.29 is 0 Å². The van der Waals surface area contributed by atoms with E-state index in [1.807, 2.05) is 12.1 Å². The Labute approximate surface area is 113 Å². The van der Waals surface area contributed by atoms with Gasteiger partial charge in [-0.25, -0.2) is 4.98 Å². The van der Waals surface area contributed by atoms with E-state index in [4.69, 9.17) is 11.6 Å². The summed E-state index contributed by atoms with van der Waals surface area (Å²) in [5, 5.41) is 3.88. The number of nitrogens with zero attached hydrogens (tertiary/aromatic N) is 1. The van der Waals surface area contributed by atoms with Gasteiger partial charge < -0.3 is 5.32 Å². The van der Waals surface area contributed by atoms with Gasteiger partial charge in [0.15, 0.2) is 0 Å². The number of hydrogen-bond donors (Lipinski definition) is 1. The van der Waals surface area contributed by atoms with Crippen LogP contribution in [0.15, 0.2) is 48.7 Å². The molecule has 0 saturated carbocycles. The maximum absolute atomic E-state index is 5.74. The molecule has 2 aromatic rings. The predicted octanol–water partition coefficient (Wildman–Crippen LogP) is 4.34. The molecule has 18 heavy (non-hydrogen) atoms. The second-order valence-corrected chi connectivity index (χ2v) is 4.78. The number of pyridine rings is 1. The fourth-order valence-electron chi connectivity index (χ4n) is 1.86. The maximum atomic E-state index is 5.74. The van der Waals surface area contributed by atoms with E-state index in [0.29, 0.717) is 11.1 Å². The summed E-state index contributed by atoms with van der Waals surface area (Å²) in [5.41, 5.74) is 2.40. The SMILES string of the molecule is CC(CCNc1ccc(Cl)nc1)c1ccccc1. The van der Waals surface area contributed by atoms with Crippen molar-refractivity contribution in [2.24, 2.45) is 0 Å². The molecule has 2 rings (SSSR count). The van der Waals surface area contributed by atoms with E-state index in [-0.39, 0.29) is 0 Å². The number of benzene rings is 1. The normalized spacial score (nSPS) is 12.1. The molecule has 0 fully saturated rings. The minimum absolute atomic E-state index is 0.526. The summed E-state index contributed by atoms with van der Waals surface area (Å²) in [6.07, 6.45) is 2.85. The first-order chi connectivity index (χ1) is 8.75. The summed E-state index contributed by atoms with van der Waals surface area (Å²) >= 11 is 5.74. The monoisotopic (exact) mass is 260 g/mol. The lowest BCUT2D eigenvalue weighted by Crippen LogP contribution is -2.06. The first kappa shape index (κ1) is 12.9. The zero-order chi connectivity index (χ0) is 12.8. The molecule has 0 aliphatic heterocycles. The van der Waals surface area contributed by atoms with E-state index in [1.165, 1.54) is 5.56 Å². The highest BCUT2D eigenvalue weighted by Crippen LogP contribution is 2.18. The van der Waals surface area contributed by atoms with Crippen molar-refractivity contribution in [1.82, 2.24) is 4.98 Å². The highest BCUT2D eigenvalue weighted by molar-refractivity contribution is 6.29. The van der Waals surface area contributed by atoms with Gasteiger partial charge in [0.2, 0.25) is 0 Å². The van der Waals surface area contributed by atoms with Crippen LogP contribution < -0.4 is 5.32 Å². The summed E-state index contributed by atoms with van der Waals surface area (Å²) in [7, 11) is 0. The van der Waals surface area contributed by atoms with Crippen LogP contribution in [0, 0.1) is 0 Å². The molecule has 2 nitrogen and oxygen atoms in total. The van der Waals surface area contributed by atoms with Crippen molar-refractivity contribution >= 4 is 17.3 Å². The zero-order valence-electron chi connectivity index (χ0n) is 10.4. The van der Waals surface area contributed by atoms with Gasteiger partial charge in [-0.15, -0.1) is 0 Å². The van der Waals surface area contributed by atoms with Gasteiger partial charge in [-0.2, -0.15) is 0 Å². The second-order valence-electron chi connectivity index (χ2n) is 4.40. The third kappa shape index (κ3) is 3.74. The van der Waals surface area contributed by atoms with Crippen molar-refractivity contribution in [3.63, 3.8) is 0 Å². The lowest BCUT2D eigenvalue weighted by Gasteiger charge is -2.12. The van der Waals surface area contributed by atoms with Crippen LogP contribution in [0.4, 0.5) is 5.69 Å². The Bertz CT molecular complexity index is 468. The van der Waals surface area contributed by atoms with Crippen molar-refractivity contribution in [2.45, 2.75) is 19.3 Å². The Morgan fingerprint density at radius 2 is 1.94 bits per heavy atom. The van der Waals surface area contributed by atoms with E-state index in [1.54, 1.807) is 12.3 Å². The quantitative estimate of drug-likeness (QED) is 0.809. The Morgan fingerprint density at radius 1 is 1.17 bits per heavy atom. The Kier molecular flexibility index (Phi) is 4.59. The Balaban J connectivity index is 1.80. The summed E-state index contributed by atoms with van der Waals surface area (Å²) in [6, 6.07) is 14.3. The third-order valence-corrected chi connectivity index (χ3v) is 3.23. The fraction of sp³-hybridized carbons (Fsp3) is 0.267. The zero-order valence-corrected chi connectivity index (χ0v) is 11.2. The number of aromatic nitrogens is 1. The van der Waals surface area contributed by atoms with Crippen molar-refractivity contribution in [1.29, 1.82) is 0 Å².